The molecule has 3 aromatic heterocycles. The lowest BCUT2D eigenvalue weighted by atomic mass is 10.0. The molecule has 0 spiro atoms. The molecule has 21 heteroatoms. The van der Waals surface area contributed by atoms with Gasteiger partial charge < -0.3 is 30.2 Å². The molecule has 72 heavy (non-hydrogen) atoms. The number of nitrogens with zero attached hydrogens (tertiary/aromatic N) is 9. The molecule has 3 aliphatic rings. The molecule has 4 amide bonds. The number of benzene rings is 3. The van der Waals surface area contributed by atoms with E-state index in [2.05, 4.69) is 79.2 Å². The third kappa shape index (κ3) is 11.0. The van der Waals surface area contributed by atoms with Crippen molar-refractivity contribution in [2.24, 2.45) is 7.05 Å². The van der Waals surface area contributed by atoms with Gasteiger partial charge in [-0.05, 0) is 85.4 Å². The number of nitrogens with one attached hydrogen (secondary N) is 4. The highest BCUT2D eigenvalue weighted by atomic mass is 79.9. The largest absolute Gasteiger partial charge is 0.494 e. The smallest absolute Gasteiger partial charge is 0.264 e. The van der Waals surface area contributed by atoms with Gasteiger partial charge in [-0.2, -0.15) is 10.1 Å². The fourth-order valence-electron chi connectivity index (χ4n) is 9.76. The summed E-state index contributed by atoms with van der Waals surface area (Å²) >= 11 is 3.60. The fourth-order valence-corrected chi connectivity index (χ4v) is 11.4. The predicted molar refractivity (Wildman–Crippen MR) is 283 cm³/mol. The minimum atomic E-state index is -2.81. The summed E-state index contributed by atoms with van der Waals surface area (Å²) in [7, 11) is 0.760. The van der Waals surface area contributed by atoms with E-state index in [4.69, 9.17) is 9.72 Å². The van der Waals surface area contributed by atoms with E-state index in [1.54, 1.807) is 61.9 Å². The molecule has 6 aromatic rings. The van der Waals surface area contributed by atoms with Gasteiger partial charge in [-0.3, -0.25) is 48.9 Å². The zero-order valence-electron chi connectivity index (χ0n) is 40.9. The Bertz CT molecular complexity index is 3080. The fraction of sp³-hybridized carbons (Fsp3) is 0.392. The number of fused-ring (bicyclic) bond motifs is 2. The molecule has 2 saturated heterocycles. The number of halogens is 1. The van der Waals surface area contributed by atoms with Crippen molar-refractivity contribution in [3.05, 3.63) is 89.0 Å². The number of imide groups is 2. The van der Waals surface area contributed by atoms with Gasteiger partial charge in [0.05, 0.1) is 51.1 Å². The summed E-state index contributed by atoms with van der Waals surface area (Å²) in [6, 6.07) is 12.0. The molecule has 19 nitrogen and oxygen atoms in total. The van der Waals surface area contributed by atoms with Crippen molar-refractivity contribution in [3.63, 3.8) is 0 Å². The van der Waals surface area contributed by atoms with Crippen molar-refractivity contribution in [1.82, 2.24) is 44.8 Å². The predicted octanol–water partition coefficient (Wildman–Crippen LogP) is 7.69. The second-order valence-electron chi connectivity index (χ2n) is 18.8. The Labute approximate surface area is 426 Å². The van der Waals surface area contributed by atoms with Crippen LogP contribution in [0.5, 0.6) is 5.75 Å². The van der Waals surface area contributed by atoms with E-state index in [-0.39, 0.29) is 18.4 Å². The summed E-state index contributed by atoms with van der Waals surface area (Å²) in [5, 5.41) is 17.5. The second-order valence-corrected chi connectivity index (χ2v) is 22.8. The van der Waals surface area contributed by atoms with Crippen LogP contribution in [0, 0.1) is 0 Å². The first-order valence-corrected chi connectivity index (χ1v) is 27.8. The van der Waals surface area contributed by atoms with Crippen molar-refractivity contribution in [1.29, 1.82) is 0 Å². The van der Waals surface area contributed by atoms with Gasteiger partial charge in [0.2, 0.25) is 17.8 Å². The SMILES string of the molecule is COc1cc(N2CCN(CCCCCCCCCNc3cccc4c3C(=O)N(C3CCC(=O)NC3=O)C4=O)CC2)c(-c2cnn(C)c2)cc1Nc1ncc(Br)c(Nc2ccc3nccnc3c2P(C)(C)=O)n1. The number of rotatable bonds is 20. The normalized spacial score (nSPS) is 16.3. The highest BCUT2D eigenvalue weighted by molar-refractivity contribution is 9.10. The van der Waals surface area contributed by atoms with Gasteiger partial charge in [0, 0.05) is 99.5 Å². The third-order valence-electron chi connectivity index (χ3n) is 13.4. The van der Waals surface area contributed by atoms with Crippen LogP contribution in [0.15, 0.2) is 77.9 Å². The highest BCUT2D eigenvalue weighted by Gasteiger charge is 2.45. The Kier molecular flexibility index (Phi) is 15.3. The van der Waals surface area contributed by atoms with E-state index >= 15 is 0 Å². The van der Waals surface area contributed by atoms with Crippen LogP contribution in [0.25, 0.3) is 22.2 Å². The monoisotopic (exact) mass is 1060 g/mol. The van der Waals surface area contributed by atoms with E-state index in [1.165, 1.54) is 12.8 Å². The van der Waals surface area contributed by atoms with E-state index in [0.29, 0.717) is 67.5 Å². The maximum atomic E-state index is 13.6. The van der Waals surface area contributed by atoms with Crippen LogP contribution >= 0.6 is 23.1 Å². The summed E-state index contributed by atoms with van der Waals surface area (Å²) in [4.78, 5) is 75.0. The number of ether oxygens (including phenoxy) is 1. The van der Waals surface area contributed by atoms with Gasteiger partial charge in [0.1, 0.15) is 30.3 Å². The molecular formula is C51H59BrN13O6P. The summed E-state index contributed by atoms with van der Waals surface area (Å²) < 4.78 is 22.0. The van der Waals surface area contributed by atoms with Crippen LogP contribution < -0.4 is 36.2 Å². The minimum absolute atomic E-state index is 0.0860. The summed E-state index contributed by atoms with van der Waals surface area (Å²) in [5.41, 5.74) is 6.75. The molecule has 6 heterocycles. The Hall–Kier alpha value is -6.76. The van der Waals surface area contributed by atoms with Gasteiger partial charge in [-0.1, -0.05) is 38.2 Å². The molecule has 0 radical (unpaired) electrons. The van der Waals surface area contributed by atoms with Gasteiger partial charge >= 0.3 is 0 Å². The van der Waals surface area contributed by atoms with Crippen LogP contribution in [-0.4, -0.2) is 129 Å². The Morgan fingerprint density at radius 2 is 1.60 bits per heavy atom. The molecule has 1 unspecified atom stereocenters. The number of unbranched alkanes of at least 4 members (excludes halogenated alkanes) is 6. The first-order chi connectivity index (χ1) is 34.8. The first-order valence-electron chi connectivity index (χ1n) is 24.4. The lowest BCUT2D eigenvalue weighted by Gasteiger charge is -2.37. The number of aryl methyl sites for hydroxylation is 1. The zero-order valence-corrected chi connectivity index (χ0v) is 43.4. The van der Waals surface area contributed by atoms with Crippen molar-refractivity contribution < 1.29 is 28.5 Å². The third-order valence-corrected chi connectivity index (χ3v) is 15.5. The summed E-state index contributed by atoms with van der Waals surface area (Å²) in [6.07, 6.45) is 16.7. The number of hydrogen-bond donors (Lipinski definition) is 4. The summed E-state index contributed by atoms with van der Waals surface area (Å²) in [6.45, 7) is 8.77. The van der Waals surface area contributed by atoms with Gasteiger partial charge in [0.15, 0.2) is 0 Å². The number of carbonyl (C=O) groups is 4. The van der Waals surface area contributed by atoms with Gasteiger partial charge in [-0.15, -0.1) is 0 Å². The first kappa shape index (κ1) is 50.2. The second kappa shape index (κ2) is 21.9. The topological polar surface area (TPSA) is 222 Å². The quantitative estimate of drug-likeness (QED) is 0.0327. The van der Waals surface area contributed by atoms with Crippen LogP contribution in [0.3, 0.4) is 0 Å². The maximum Gasteiger partial charge on any atom is 0.264 e. The van der Waals surface area contributed by atoms with E-state index in [1.807, 2.05) is 31.6 Å². The van der Waals surface area contributed by atoms with Crippen LogP contribution in [0.2, 0.25) is 0 Å². The van der Waals surface area contributed by atoms with Crippen molar-refractivity contribution in [3.8, 4) is 16.9 Å². The zero-order chi connectivity index (χ0) is 50.5. The minimum Gasteiger partial charge on any atom is -0.494 e. The van der Waals surface area contributed by atoms with E-state index in [9.17, 15) is 23.7 Å². The average Bonchev–Trinajstić information content (AvgIpc) is 3.91. The highest BCUT2D eigenvalue weighted by Crippen LogP contribution is 2.43. The Balaban J connectivity index is 0.750. The standard InChI is InChI=1S/C51H59BrN13O6P/c1-62-31-32(29-57-62)34-27-39(59-51-56-30-35(52)47(61-51)58-38-16-15-37-45(55-21-20-54-37)46(38)72(3,4)70)42(71-2)28-41(34)64-25-23-63(24-26-64)22-11-9-7-5-6-8-10-19-53-36-14-12-13-33-44(36)50(69)65(49(33)68)40-17-18-43(66)60-48(40)67/h12-16,20-21,27-31,40,53H,5-11,17-19,22-26H2,1-4H3,(H,60,66,67)(H2,56,58,59,61). The van der Waals surface area contributed by atoms with E-state index < -0.39 is 36.8 Å². The maximum absolute atomic E-state index is 13.6. The molecule has 1 atom stereocenters. The molecule has 3 aliphatic heterocycles. The number of aromatic nitrogens is 6. The van der Waals surface area contributed by atoms with E-state index in [0.717, 1.165) is 86.5 Å². The van der Waals surface area contributed by atoms with Gasteiger partial charge in [0.25, 0.3) is 11.8 Å². The number of amides is 4. The number of anilines is 6. The summed E-state index contributed by atoms with van der Waals surface area (Å²) in [5.74, 6) is -0.560. The van der Waals surface area contributed by atoms with Crippen molar-refractivity contribution in [2.75, 3.05) is 80.6 Å². The molecule has 9 rings (SSSR count). The Morgan fingerprint density at radius 1 is 0.833 bits per heavy atom. The van der Waals surface area contributed by atoms with Crippen LogP contribution in [0.4, 0.5) is 34.5 Å². The Morgan fingerprint density at radius 3 is 2.33 bits per heavy atom. The number of carbonyl (C=O) groups excluding carboxylic acids is 4. The molecule has 0 bridgehead atoms. The molecule has 0 aliphatic carbocycles. The van der Waals surface area contributed by atoms with Crippen molar-refractivity contribution in [2.45, 2.75) is 63.8 Å². The average molecular weight is 1060 g/mol. The van der Waals surface area contributed by atoms with Crippen molar-refractivity contribution >= 4 is 97.6 Å². The number of piperidine rings is 1. The molecule has 4 N–H and O–H groups in total. The molecule has 3 aromatic carbocycles. The number of hydrogen-bond acceptors (Lipinski definition) is 16. The van der Waals surface area contributed by atoms with Crippen LogP contribution in [-0.2, 0) is 21.2 Å². The number of methoxy groups -OCH3 is 1. The molecule has 376 valence electrons. The van der Waals surface area contributed by atoms with Gasteiger partial charge in [-0.25, -0.2) is 4.98 Å². The van der Waals surface area contributed by atoms with Crippen LogP contribution in [0.1, 0.15) is 78.5 Å². The molecule has 0 saturated carbocycles. The molecule has 2 fully saturated rings. The lowest BCUT2D eigenvalue weighted by Crippen LogP contribution is -2.54. The number of piperazine rings is 1. The molecular weight excluding hydrogens is 1000 g/mol. The lowest BCUT2D eigenvalue weighted by molar-refractivity contribution is -0.136.